The standard InChI is InChI=1S/C11H16F2N2O3S/c12-9-2-3-10(13)11(8-9)19(16,17)15-5-1-6-18-7-4-14/h2-3,8,15H,1,4-7,14H2. The van der Waals surface area contributed by atoms with Gasteiger partial charge in [-0.1, -0.05) is 0 Å². The third-order valence-corrected chi connectivity index (χ3v) is 3.68. The Kier molecular flexibility index (Phi) is 6.29. The van der Waals surface area contributed by atoms with Crippen molar-refractivity contribution in [3.63, 3.8) is 0 Å². The Morgan fingerprint density at radius 1 is 1.26 bits per heavy atom. The maximum absolute atomic E-state index is 13.3. The van der Waals surface area contributed by atoms with Crippen LogP contribution in [0.2, 0.25) is 0 Å². The van der Waals surface area contributed by atoms with Gasteiger partial charge in [0.2, 0.25) is 10.0 Å². The number of hydrogen-bond donors (Lipinski definition) is 2. The molecule has 0 saturated carbocycles. The molecule has 0 aliphatic rings. The number of ether oxygens (including phenoxy) is 1. The fourth-order valence-corrected chi connectivity index (χ4v) is 2.49. The van der Waals surface area contributed by atoms with Crippen LogP contribution in [-0.4, -0.2) is 34.7 Å². The van der Waals surface area contributed by atoms with Crippen molar-refractivity contribution in [2.75, 3.05) is 26.3 Å². The van der Waals surface area contributed by atoms with E-state index in [2.05, 4.69) is 4.72 Å². The predicted molar refractivity (Wildman–Crippen MR) is 66.0 cm³/mol. The summed E-state index contributed by atoms with van der Waals surface area (Å²) in [7, 11) is -4.05. The van der Waals surface area contributed by atoms with Crippen LogP contribution in [0.25, 0.3) is 0 Å². The van der Waals surface area contributed by atoms with Gasteiger partial charge >= 0.3 is 0 Å². The maximum atomic E-state index is 13.3. The highest BCUT2D eigenvalue weighted by Crippen LogP contribution is 2.15. The minimum Gasteiger partial charge on any atom is -0.380 e. The summed E-state index contributed by atoms with van der Waals surface area (Å²) in [5.41, 5.74) is 5.21. The summed E-state index contributed by atoms with van der Waals surface area (Å²) in [5, 5.41) is 0. The number of hydrogen-bond acceptors (Lipinski definition) is 4. The highest BCUT2D eigenvalue weighted by Gasteiger charge is 2.19. The first kappa shape index (κ1) is 16.0. The van der Waals surface area contributed by atoms with Gasteiger partial charge in [-0.3, -0.25) is 0 Å². The first-order valence-corrected chi connectivity index (χ1v) is 7.18. The van der Waals surface area contributed by atoms with E-state index in [1.54, 1.807) is 0 Å². The molecule has 0 radical (unpaired) electrons. The third kappa shape index (κ3) is 5.19. The van der Waals surface area contributed by atoms with Gasteiger partial charge in [-0.2, -0.15) is 0 Å². The topological polar surface area (TPSA) is 81.4 Å². The molecule has 8 heteroatoms. The molecular weight excluding hydrogens is 278 g/mol. The molecule has 0 bridgehead atoms. The monoisotopic (exact) mass is 294 g/mol. The molecule has 0 aliphatic carbocycles. The van der Waals surface area contributed by atoms with Gasteiger partial charge in [-0.15, -0.1) is 0 Å². The molecule has 0 fully saturated rings. The van der Waals surface area contributed by atoms with Crippen LogP contribution in [0, 0.1) is 11.6 Å². The Labute approximate surface area is 110 Å². The molecule has 0 amide bonds. The van der Waals surface area contributed by atoms with E-state index in [9.17, 15) is 17.2 Å². The summed E-state index contributed by atoms with van der Waals surface area (Å²) >= 11 is 0. The Hall–Kier alpha value is -1.09. The molecule has 1 rings (SSSR count). The Morgan fingerprint density at radius 3 is 2.68 bits per heavy atom. The molecule has 0 atom stereocenters. The molecule has 0 heterocycles. The molecule has 5 nitrogen and oxygen atoms in total. The fraction of sp³-hybridized carbons (Fsp3) is 0.455. The predicted octanol–water partition coefficient (Wildman–Crippen LogP) is 0.609. The average Bonchev–Trinajstić information content (AvgIpc) is 2.36. The lowest BCUT2D eigenvalue weighted by molar-refractivity contribution is 0.140. The zero-order valence-corrected chi connectivity index (χ0v) is 11.1. The second-order valence-electron chi connectivity index (χ2n) is 3.73. The maximum Gasteiger partial charge on any atom is 0.243 e. The van der Waals surface area contributed by atoms with E-state index >= 15 is 0 Å². The van der Waals surface area contributed by atoms with Gasteiger partial charge in [0, 0.05) is 19.7 Å². The molecule has 0 aliphatic heterocycles. The van der Waals surface area contributed by atoms with Crippen molar-refractivity contribution >= 4 is 10.0 Å². The average molecular weight is 294 g/mol. The van der Waals surface area contributed by atoms with Crippen LogP contribution in [0.4, 0.5) is 8.78 Å². The van der Waals surface area contributed by atoms with Crippen LogP contribution in [0.5, 0.6) is 0 Å². The fourth-order valence-electron chi connectivity index (χ4n) is 1.33. The van der Waals surface area contributed by atoms with Crippen molar-refractivity contribution in [3.8, 4) is 0 Å². The van der Waals surface area contributed by atoms with Gasteiger partial charge in [0.25, 0.3) is 0 Å². The van der Waals surface area contributed by atoms with E-state index < -0.39 is 26.6 Å². The van der Waals surface area contributed by atoms with Gasteiger partial charge in [-0.05, 0) is 24.6 Å². The highest BCUT2D eigenvalue weighted by atomic mass is 32.2. The first-order valence-electron chi connectivity index (χ1n) is 5.70. The van der Waals surface area contributed by atoms with Crippen LogP contribution < -0.4 is 10.5 Å². The largest absolute Gasteiger partial charge is 0.380 e. The molecular formula is C11H16F2N2O3S. The van der Waals surface area contributed by atoms with E-state index in [0.29, 0.717) is 32.2 Å². The Morgan fingerprint density at radius 2 is 2.00 bits per heavy atom. The number of nitrogens with two attached hydrogens (primary N) is 1. The van der Waals surface area contributed by atoms with Crippen molar-refractivity contribution in [1.29, 1.82) is 0 Å². The van der Waals surface area contributed by atoms with Crippen LogP contribution in [-0.2, 0) is 14.8 Å². The number of nitrogens with one attached hydrogen (secondary N) is 1. The summed E-state index contributed by atoms with van der Waals surface area (Å²) in [4.78, 5) is -0.699. The molecule has 0 unspecified atom stereocenters. The molecule has 108 valence electrons. The van der Waals surface area contributed by atoms with Crippen LogP contribution >= 0.6 is 0 Å². The van der Waals surface area contributed by atoms with Crippen molar-refractivity contribution in [3.05, 3.63) is 29.8 Å². The Balaban J connectivity index is 2.54. The van der Waals surface area contributed by atoms with E-state index in [1.807, 2.05) is 0 Å². The SMILES string of the molecule is NCCOCCCNS(=O)(=O)c1cc(F)ccc1F. The number of rotatable bonds is 8. The van der Waals surface area contributed by atoms with Crippen molar-refractivity contribution in [2.45, 2.75) is 11.3 Å². The van der Waals surface area contributed by atoms with Gasteiger partial charge in [-0.25, -0.2) is 21.9 Å². The molecule has 0 spiro atoms. The van der Waals surface area contributed by atoms with Crippen molar-refractivity contribution < 1.29 is 21.9 Å². The minimum absolute atomic E-state index is 0.0723. The second-order valence-corrected chi connectivity index (χ2v) is 5.46. The van der Waals surface area contributed by atoms with Gasteiger partial charge in [0.05, 0.1) is 6.61 Å². The van der Waals surface area contributed by atoms with E-state index in [4.69, 9.17) is 10.5 Å². The highest BCUT2D eigenvalue weighted by molar-refractivity contribution is 7.89. The summed E-state index contributed by atoms with van der Waals surface area (Å²) in [6, 6.07) is 2.27. The quantitative estimate of drug-likeness (QED) is 0.688. The molecule has 1 aromatic carbocycles. The summed E-state index contributed by atoms with van der Waals surface area (Å²) in [5.74, 6) is -1.80. The zero-order chi connectivity index (χ0) is 14.3. The molecule has 19 heavy (non-hydrogen) atoms. The molecule has 3 N–H and O–H groups in total. The van der Waals surface area contributed by atoms with Crippen LogP contribution in [0.15, 0.2) is 23.1 Å². The summed E-state index contributed by atoms with van der Waals surface area (Å²) in [6.07, 6.45) is 0.413. The first-order chi connectivity index (χ1) is 8.97. The van der Waals surface area contributed by atoms with E-state index in [0.717, 1.165) is 12.1 Å². The van der Waals surface area contributed by atoms with E-state index in [1.165, 1.54) is 0 Å². The summed E-state index contributed by atoms with van der Waals surface area (Å²) in [6.45, 7) is 1.19. The van der Waals surface area contributed by atoms with Crippen LogP contribution in [0.3, 0.4) is 0 Å². The number of benzene rings is 1. The van der Waals surface area contributed by atoms with Gasteiger partial charge in [0.15, 0.2) is 0 Å². The normalized spacial score (nSPS) is 11.7. The number of sulfonamides is 1. The smallest absolute Gasteiger partial charge is 0.243 e. The lowest BCUT2D eigenvalue weighted by Gasteiger charge is -2.08. The minimum atomic E-state index is -4.05. The van der Waals surface area contributed by atoms with Crippen molar-refractivity contribution in [1.82, 2.24) is 4.72 Å². The lowest BCUT2D eigenvalue weighted by atomic mass is 10.3. The molecule has 0 saturated heterocycles. The van der Waals surface area contributed by atoms with E-state index in [-0.39, 0.29) is 6.54 Å². The zero-order valence-electron chi connectivity index (χ0n) is 10.2. The summed E-state index contributed by atoms with van der Waals surface area (Å²) < 4.78 is 56.9. The van der Waals surface area contributed by atoms with Crippen molar-refractivity contribution in [2.24, 2.45) is 5.73 Å². The lowest BCUT2D eigenvalue weighted by Crippen LogP contribution is -2.26. The number of halogens is 2. The second kappa shape index (κ2) is 7.49. The van der Waals surface area contributed by atoms with Gasteiger partial charge < -0.3 is 10.5 Å². The van der Waals surface area contributed by atoms with Crippen LogP contribution in [0.1, 0.15) is 6.42 Å². The Bertz CT molecular complexity index is 509. The third-order valence-electron chi connectivity index (χ3n) is 2.20. The molecule has 0 aromatic heterocycles. The molecule has 1 aromatic rings. The van der Waals surface area contributed by atoms with Gasteiger partial charge in [0.1, 0.15) is 16.5 Å².